The molecule has 4 aromatic carbocycles. The van der Waals surface area contributed by atoms with E-state index in [0.717, 1.165) is 11.3 Å². The largest absolute Gasteiger partial charge is 0.366 e. The number of benzene rings is 4. The van der Waals surface area contributed by atoms with Gasteiger partial charge in [0.15, 0.2) is 0 Å². The van der Waals surface area contributed by atoms with Gasteiger partial charge < -0.3 is 4.98 Å². The molecule has 0 radical (unpaired) electrons. The molecule has 0 spiro atoms. The molecule has 2 aliphatic carbocycles. The lowest BCUT2D eigenvalue weighted by Crippen LogP contribution is -2.18. The van der Waals surface area contributed by atoms with E-state index in [-0.39, 0.29) is 5.92 Å². The van der Waals surface area contributed by atoms with Gasteiger partial charge in [-0.2, -0.15) is 0 Å². The normalized spacial score (nSPS) is 17.7. The van der Waals surface area contributed by atoms with E-state index in [0.29, 0.717) is 5.92 Å². The van der Waals surface area contributed by atoms with Crippen molar-refractivity contribution in [1.29, 1.82) is 0 Å². The summed E-state index contributed by atoms with van der Waals surface area (Å²) >= 11 is 0. The molecule has 1 aromatic heterocycles. The quantitative estimate of drug-likeness (QED) is 0.272. The fourth-order valence-electron chi connectivity index (χ4n) is 5.95. The summed E-state index contributed by atoms with van der Waals surface area (Å²) in [6.45, 7) is 0. The zero-order chi connectivity index (χ0) is 24.6. The van der Waals surface area contributed by atoms with Crippen LogP contribution in [0.1, 0.15) is 22.6 Å². The number of H-pyrrole nitrogens is 1. The molecule has 176 valence electrons. The Kier molecular flexibility index (Phi) is 5.29. The number of fused-ring (bicyclic) bond motifs is 6. The molecule has 0 saturated carbocycles. The molecule has 37 heavy (non-hydrogen) atoms. The maximum absolute atomic E-state index is 4.74. The zero-order valence-electron chi connectivity index (χ0n) is 20.4. The predicted molar refractivity (Wildman–Crippen MR) is 155 cm³/mol. The van der Waals surface area contributed by atoms with Crippen LogP contribution >= 0.6 is 0 Å². The first kappa shape index (κ1) is 21.6. The van der Waals surface area contributed by atoms with E-state index < -0.39 is 0 Å². The molecule has 0 fully saturated rings. The van der Waals surface area contributed by atoms with E-state index in [9.17, 15) is 0 Å². The van der Waals surface area contributed by atoms with Crippen molar-refractivity contribution < 1.29 is 0 Å². The Morgan fingerprint density at radius 2 is 1.38 bits per heavy atom. The highest BCUT2D eigenvalue weighted by Crippen LogP contribution is 2.49. The highest BCUT2D eigenvalue weighted by molar-refractivity contribution is 6.06. The van der Waals surface area contributed by atoms with Crippen molar-refractivity contribution in [2.45, 2.75) is 5.92 Å². The van der Waals surface area contributed by atoms with Gasteiger partial charge >= 0.3 is 0 Å². The molecule has 2 heteroatoms. The molecule has 2 atom stereocenters. The number of aromatic amines is 1. The third-order valence-corrected chi connectivity index (χ3v) is 7.59. The van der Waals surface area contributed by atoms with Gasteiger partial charge in [0.1, 0.15) is 0 Å². The van der Waals surface area contributed by atoms with Crippen molar-refractivity contribution >= 4 is 33.2 Å². The highest BCUT2D eigenvalue weighted by Gasteiger charge is 2.32. The van der Waals surface area contributed by atoms with Gasteiger partial charge in [0, 0.05) is 36.0 Å². The number of hydrogen-bond donors (Lipinski definition) is 1. The van der Waals surface area contributed by atoms with Crippen LogP contribution in [0.2, 0.25) is 0 Å². The summed E-state index contributed by atoms with van der Waals surface area (Å²) < 4.78 is 0. The van der Waals surface area contributed by atoms with Gasteiger partial charge in [0.25, 0.3) is 0 Å². The minimum absolute atomic E-state index is 0.289. The maximum Gasteiger partial charge on any atom is 0.0867 e. The third-order valence-electron chi connectivity index (χ3n) is 7.59. The van der Waals surface area contributed by atoms with Crippen LogP contribution in [0.4, 0.5) is 0 Å². The van der Waals surface area contributed by atoms with Gasteiger partial charge in [-0.1, -0.05) is 109 Å². The Balaban J connectivity index is 1.47. The lowest BCUT2D eigenvalue weighted by molar-refractivity contribution is 0.715. The van der Waals surface area contributed by atoms with E-state index in [4.69, 9.17) is 4.98 Å². The Bertz CT molecular complexity index is 1780. The van der Waals surface area contributed by atoms with Crippen LogP contribution < -0.4 is 0 Å². The Morgan fingerprint density at radius 3 is 2.27 bits per heavy atom. The Hall–Kier alpha value is -4.69. The molecule has 7 rings (SSSR count). The molecule has 0 bridgehead atoms. The second kappa shape index (κ2) is 9.07. The predicted octanol–water partition coefficient (Wildman–Crippen LogP) is 8.89. The standard InChI is InChI=1S/C35H26N2/c1-8-20-36-23-34(37-21-9-1)31-19-18-30(27-12-4-5-13-28(27)31)33-22-25-17-16-24-10-2-3-11-26(24)35(25)32-15-7-6-14-29(32)33/h1-23,29,32,36H. The number of allylic oxidation sites excluding steroid dienone is 5. The molecular weight excluding hydrogens is 448 g/mol. The van der Waals surface area contributed by atoms with Gasteiger partial charge in [-0.05, 0) is 55.9 Å². The van der Waals surface area contributed by atoms with E-state index in [1.54, 1.807) is 0 Å². The van der Waals surface area contributed by atoms with Crippen molar-refractivity contribution in [3.05, 3.63) is 151 Å². The first-order valence-corrected chi connectivity index (χ1v) is 12.8. The van der Waals surface area contributed by atoms with Crippen LogP contribution in [0.25, 0.3) is 44.5 Å². The van der Waals surface area contributed by atoms with Crippen molar-refractivity contribution in [3.8, 4) is 11.3 Å². The summed E-state index contributed by atoms with van der Waals surface area (Å²) in [7, 11) is 0. The molecular formula is C35H26N2. The van der Waals surface area contributed by atoms with Crippen LogP contribution in [-0.2, 0) is 0 Å². The summed E-state index contributed by atoms with van der Waals surface area (Å²) in [6.07, 6.45) is 17.3. The van der Waals surface area contributed by atoms with E-state index in [1.165, 1.54) is 43.8 Å². The van der Waals surface area contributed by atoms with Crippen LogP contribution in [0, 0.1) is 5.92 Å². The topological polar surface area (TPSA) is 28.7 Å². The van der Waals surface area contributed by atoms with Gasteiger partial charge in [0.05, 0.1) is 5.69 Å². The fourth-order valence-corrected chi connectivity index (χ4v) is 5.95. The van der Waals surface area contributed by atoms with Crippen molar-refractivity contribution in [2.75, 3.05) is 0 Å². The maximum atomic E-state index is 4.74. The molecule has 2 nitrogen and oxygen atoms in total. The molecule has 0 amide bonds. The second-order valence-electron chi connectivity index (χ2n) is 9.64. The highest BCUT2D eigenvalue weighted by atomic mass is 14.7. The summed E-state index contributed by atoms with van der Waals surface area (Å²) in [4.78, 5) is 7.99. The fraction of sp³-hybridized carbons (Fsp3) is 0.0571. The van der Waals surface area contributed by atoms with Crippen LogP contribution in [0.5, 0.6) is 0 Å². The number of aromatic nitrogens is 2. The number of hydrogen-bond acceptors (Lipinski definition) is 1. The van der Waals surface area contributed by atoms with Crippen LogP contribution in [0.3, 0.4) is 0 Å². The molecule has 0 aliphatic heterocycles. The van der Waals surface area contributed by atoms with E-state index >= 15 is 0 Å². The molecule has 1 N–H and O–H groups in total. The summed E-state index contributed by atoms with van der Waals surface area (Å²) in [5.41, 5.74) is 7.43. The molecule has 2 aliphatic rings. The monoisotopic (exact) mass is 474 g/mol. The molecule has 0 saturated heterocycles. The number of nitrogens with zero attached hydrogens (tertiary/aromatic N) is 1. The summed E-state index contributed by atoms with van der Waals surface area (Å²) in [6, 6.07) is 32.4. The van der Waals surface area contributed by atoms with Crippen molar-refractivity contribution in [1.82, 2.24) is 9.97 Å². The van der Waals surface area contributed by atoms with Crippen LogP contribution in [0.15, 0.2) is 134 Å². The zero-order valence-corrected chi connectivity index (χ0v) is 20.4. The minimum atomic E-state index is 0.289. The van der Waals surface area contributed by atoms with Crippen molar-refractivity contribution in [2.24, 2.45) is 5.92 Å². The lowest BCUT2D eigenvalue weighted by atomic mass is 9.69. The number of nitrogens with one attached hydrogen (secondary N) is 1. The SMILES string of the molecule is C1=CC2C(c3ccc(-c4c[nH]cccccn4)c4ccccc34)=Cc3ccc4ccccc4c3C2C=C1. The van der Waals surface area contributed by atoms with Crippen molar-refractivity contribution in [3.63, 3.8) is 0 Å². The lowest BCUT2D eigenvalue weighted by Gasteiger charge is -2.34. The van der Waals surface area contributed by atoms with E-state index in [1.807, 2.05) is 36.8 Å². The number of rotatable bonds is 2. The van der Waals surface area contributed by atoms with Crippen LogP contribution in [-0.4, -0.2) is 9.97 Å². The van der Waals surface area contributed by atoms with Gasteiger partial charge in [-0.15, -0.1) is 0 Å². The first-order chi connectivity index (χ1) is 18.4. The summed E-state index contributed by atoms with van der Waals surface area (Å²) in [5, 5.41) is 5.11. The molecule has 1 heterocycles. The van der Waals surface area contributed by atoms with E-state index in [2.05, 4.69) is 108 Å². The third kappa shape index (κ3) is 3.70. The second-order valence-corrected chi connectivity index (χ2v) is 9.64. The minimum Gasteiger partial charge on any atom is -0.366 e. The average molecular weight is 475 g/mol. The first-order valence-electron chi connectivity index (χ1n) is 12.8. The smallest absolute Gasteiger partial charge is 0.0867 e. The average Bonchev–Trinajstić information content (AvgIpc) is 3.10. The molecule has 2 unspecified atom stereocenters. The van der Waals surface area contributed by atoms with Gasteiger partial charge in [-0.25, -0.2) is 0 Å². The van der Waals surface area contributed by atoms with Gasteiger partial charge in [0.2, 0.25) is 0 Å². The summed E-state index contributed by atoms with van der Waals surface area (Å²) in [5.74, 6) is 0.602. The Morgan fingerprint density at radius 1 is 0.622 bits per heavy atom. The Labute approximate surface area is 216 Å². The van der Waals surface area contributed by atoms with Gasteiger partial charge in [-0.3, -0.25) is 4.98 Å². The molecule has 5 aromatic rings.